The Morgan fingerprint density at radius 2 is 2.17 bits per heavy atom. The van der Waals surface area contributed by atoms with Gasteiger partial charge in [-0.3, -0.25) is 0 Å². The van der Waals surface area contributed by atoms with Crippen molar-refractivity contribution in [2.75, 3.05) is 18.9 Å². The van der Waals surface area contributed by atoms with Gasteiger partial charge in [0.05, 0.1) is 13.2 Å². The maximum absolute atomic E-state index is 12.3. The van der Waals surface area contributed by atoms with E-state index < -0.39 is 5.97 Å². The average Bonchev–Trinajstić information content (AvgIpc) is 3.10. The summed E-state index contributed by atoms with van der Waals surface area (Å²) in [5.74, 6) is 0.241. The van der Waals surface area contributed by atoms with Gasteiger partial charge in [0, 0.05) is 16.5 Å². The molecule has 0 amide bonds. The minimum Gasteiger partial charge on any atom is -0.494 e. The van der Waals surface area contributed by atoms with Crippen LogP contribution in [0.3, 0.4) is 0 Å². The zero-order chi connectivity index (χ0) is 16.4. The Kier molecular flexibility index (Phi) is 3.92. The number of oxazole rings is 1. The number of aromatic nitrogens is 2. The van der Waals surface area contributed by atoms with Crippen molar-refractivity contribution < 1.29 is 18.7 Å². The highest BCUT2D eigenvalue weighted by molar-refractivity contribution is 6.07. The molecule has 0 saturated heterocycles. The minimum atomic E-state index is -0.460. The number of nitrogen functional groups attached to an aromatic ring is 1. The third-order valence-corrected chi connectivity index (χ3v) is 3.34. The van der Waals surface area contributed by atoms with Crippen molar-refractivity contribution in [2.24, 2.45) is 0 Å². The summed E-state index contributed by atoms with van der Waals surface area (Å²) < 4.78 is 15.7. The molecule has 0 atom stereocenters. The second-order valence-corrected chi connectivity index (χ2v) is 4.81. The molecule has 0 unspecified atom stereocenters. The van der Waals surface area contributed by atoms with Crippen molar-refractivity contribution in [1.82, 2.24) is 9.97 Å². The number of nitrogens with two attached hydrogens (primary N) is 1. The fraction of sp³-hybridized carbons (Fsp3) is 0.250. The van der Waals surface area contributed by atoms with Gasteiger partial charge in [0.2, 0.25) is 0 Å². The number of fused-ring (bicyclic) bond motifs is 1. The lowest BCUT2D eigenvalue weighted by molar-refractivity contribution is 0.0521. The number of aromatic amines is 1. The number of rotatable bonds is 5. The summed E-state index contributed by atoms with van der Waals surface area (Å²) in [4.78, 5) is 19.4. The van der Waals surface area contributed by atoms with Gasteiger partial charge in [-0.15, -0.1) is 0 Å². The monoisotopic (exact) mass is 315 g/mol. The number of nitrogens with zero attached hydrogens (tertiary/aromatic N) is 1. The smallest absolute Gasteiger partial charge is 0.355 e. The van der Waals surface area contributed by atoms with E-state index in [0.717, 1.165) is 10.9 Å². The maximum atomic E-state index is 12.3. The molecule has 0 spiro atoms. The third kappa shape index (κ3) is 2.73. The van der Waals surface area contributed by atoms with Crippen molar-refractivity contribution in [3.63, 3.8) is 0 Å². The van der Waals surface area contributed by atoms with Crippen LogP contribution in [0.1, 0.15) is 24.3 Å². The average molecular weight is 315 g/mol. The van der Waals surface area contributed by atoms with Gasteiger partial charge in [0.15, 0.2) is 0 Å². The van der Waals surface area contributed by atoms with Crippen LogP contribution in [-0.2, 0) is 4.74 Å². The van der Waals surface area contributed by atoms with Crippen LogP contribution in [0.5, 0.6) is 5.75 Å². The highest BCUT2D eigenvalue weighted by Crippen LogP contribution is 2.35. The fourth-order valence-corrected chi connectivity index (χ4v) is 2.45. The van der Waals surface area contributed by atoms with E-state index in [9.17, 15) is 4.79 Å². The Hall–Kier alpha value is -2.96. The quantitative estimate of drug-likeness (QED) is 0.701. The number of hydrogen-bond acceptors (Lipinski definition) is 6. The lowest BCUT2D eigenvalue weighted by atomic mass is 10.1. The Morgan fingerprint density at radius 3 is 2.83 bits per heavy atom. The summed E-state index contributed by atoms with van der Waals surface area (Å²) in [7, 11) is 0. The van der Waals surface area contributed by atoms with Gasteiger partial charge >= 0.3 is 5.97 Å². The molecule has 1 aromatic carbocycles. The normalized spacial score (nSPS) is 10.9. The standard InChI is InChI=1S/C16H17N3O4/c1-3-21-9-5-6-11-10(7-9)13(12-8-23-16(17)19-12)14(18-11)15(20)22-4-2/h5-8,18H,3-4H2,1-2H3,(H2,17,19). The van der Waals surface area contributed by atoms with E-state index >= 15 is 0 Å². The first-order valence-electron chi connectivity index (χ1n) is 7.31. The number of carbonyl (C=O) groups is 1. The molecule has 7 nitrogen and oxygen atoms in total. The molecule has 3 rings (SSSR count). The molecule has 0 saturated carbocycles. The first-order valence-corrected chi connectivity index (χ1v) is 7.31. The molecule has 23 heavy (non-hydrogen) atoms. The van der Waals surface area contributed by atoms with E-state index in [1.807, 2.05) is 25.1 Å². The summed E-state index contributed by atoms with van der Waals surface area (Å²) in [5.41, 5.74) is 7.69. The number of anilines is 1. The van der Waals surface area contributed by atoms with Gasteiger partial charge in [0.1, 0.15) is 23.4 Å². The first kappa shape index (κ1) is 15.0. The SMILES string of the molecule is CCOC(=O)c1[nH]c2ccc(OCC)cc2c1-c1coc(N)n1. The highest BCUT2D eigenvalue weighted by atomic mass is 16.5. The molecule has 0 fully saturated rings. The van der Waals surface area contributed by atoms with E-state index in [1.165, 1.54) is 6.26 Å². The number of nitrogens with one attached hydrogen (secondary N) is 1. The van der Waals surface area contributed by atoms with Crippen LogP contribution in [0.25, 0.3) is 22.2 Å². The van der Waals surface area contributed by atoms with Gasteiger partial charge in [-0.25, -0.2) is 4.79 Å². The number of esters is 1. The molecular weight excluding hydrogens is 298 g/mol. The molecule has 2 heterocycles. The number of hydrogen-bond donors (Lipinski definition) is 2. The molecule has 0 aliphatic heterocycles. The van der Waals surface area contributed by atoms with Gasteiger partial charge < -0.3 is 24.6 Å². The van der Waals surface area contributed by atoms with Crippen LogP contribution in [0.2, 0.25) is 0 Å². The van der Waals surface area contributed by atoms with Crippen LogP contribution in [0, 0.1) is 0 Å². The summed E-state index contributed by atoms with van der Waals surface area (Å²) >= 11 is 0. The van der Waals surface area contributed by atoms with Crippen LogP contribution < -0.4 is 10.5 Å². The number of ether oxygens (including phenoxy) is 2. The summed E-state index contributed by atoms with van der Waals surface area (Å²) in [6.07, 6.45) is 1.41. The second kappa shape index (κ2) is 6.04. The summed E-state index contributed by atoms with van der Waals surface area (Å²) in [6.45, 7) is 4.48. The maximum Gasteiger partial charge on any atom is 0.355 e. The molecule has 0 bridgehead atoms. The minimum absolute atomic E-state index is 0.0325. The van der Waals surface area contributed by atoms with Gasteiger partial charge in [-0.05, 0) is 32.0 Å². The van der Waals surface area contributed by atoms with Gasteiger partial charge in [-0.1, -0.05) is 0 Å². The Labute approximate surface area is 132 Å². The van der Waals surface area contributed by atoms with E-state index in [4.69, 9.17) is 19.6 Å². The highest BCUT2D eigenvalue weighted by Gasteiger charge is 2.23. The predicted octanol–water partition coefficient (Wildman–Crippen LogP) is 2.98. The Bertz CT molecular complexity index is 850. The predicted molar refractivity (Wildman–Crippen MR) is 85.3 cm³/mol. The van der Waals surface area contributed by atoms with E-state index in [0.29, 0.717) is 29.3 Å². The van der Waals surface area contributed by atoms with Crippen molar-refractivity contribution in [2.45, 2.75) is 13.8 Å². The van der Waals surface area contributed by atoms with E-state index in [-0.39, 0.29) is 12.6 Å². The van der Waals surface area contributed by atoms with Gasteiger partial charge in [0.25, 0.3) is 6.01 Å². The second-order valence-electron chi connectivity index (χ2n) is 4.81. The van der Waals surface area contributed by atoms with Crippen molar-refractivity contribution >= 4 is 22.9 Å². The largest absolute Gasteiger partial charge is 0.494 e. The van der Waals surface area contributed by atoms with Crippen molar-refractivity contribution in [1.29, 1.82) is 0 Å². The number of H-pyrrole nitrogens is 1. The zero-order valence-electron chi connectivity index (χ0n) is 12.9. The van der Waals surface area contributed by atoms with Crippen molar-refractivity contribution in [3.8, 4) is 17.0 Å². The lowest BCUT2D eigenvalue weighted by Gasteiger charge is -2.03. The number of benzene rings is 1. The topological polar surface area (TPSA) is 103 Å². The van der Waals surface area contributed by atoms with Gasteiger partial charge in [-0.2, -0.15) is 4.98 Å². The molecule has 0 radical (unpaired) electrons. The summed E-state index contributed by atoms with van der Waals surface area (Å²) in [5, 5.41) is 0.785. The molecule has 7 heteroatoms. The van der Waals surface area contributed by atoms with Crippen LogP contribution in [-0.4, -0.2) is 29.2 Å². The lowest BCUT2D eigenvalue weighted by Crippen LogP contribution is -2.06. The van der Waals surface area contributed by atoms with Crippen LogP contribution >= 0.6 is 0 Å². The zero-order valence-corrected chi connectivity index (χ0v) is 12.9. The molecule has 2 aromatic heterocycles. The van der Waals surface area contributed by atoms with Crippen molar-refractivity contribution in [3.05, 3.63) is 30.2 Å². The van der Waals surface area contributed by atoms with E-state index in [2.05, 4.69) is 9.97 Å². The Balaban J connectivity index is 2.23. The first-order chi connectivity index (χ1) is 11.1. The third-order valence-electron chi connectivity index (χ3n) is 3.34. The molecular formula is C16H17N3O4. The van der Waals surface area contributed by atoms with E-state index in [1.54, 1.807) is 6.92 Å². The fourth-order valence-electron chi connectivity index (χ4n) is 2.45. The molecule has 0 aliphatic rings. The molecule has 0 aliphatic carbocycles. The number of carbonyl (C=O) groups excluding carboxylic acids is 1. The Morgan fingerprint density at radius 1 is 1.35 bits per heavy atom. The summed E-state index contributed by atoms with van der Waals surface area (Å²) in [6, 6.07) is 5.55. The molecule has 120 valence electrons. The van der Waals surface area contributed by atoms with Crippen LogP contribution in [0.15, 0.2) is 28.9 Å². The molecule has 3 N–H and O–H groups in total. The van der Waals surface area contributed by atoms with Crippen LogP contribution in [0.4, 0.5) is 6.01 Å². The molecule has 3 aromatic rings.